The van der Waals surface area contributed by atoms with Crippen LogP contribution in [0.1, 0.15) is 19.4 Å². The largest absolute Gasteiger partial charge is 0.311 e. The third-order valence-corrected chi connectivity index (χ3v) is 6.26. The van der Waals surface area contributed by atoms with E-state index in [0.717, 1.165) is 11.1 Å². The first-order valence-corrected chi connectivity index (χ1v) is 8.95. The van der Waals surface area contributed by atoms with Crippen LogP contribution in [-0.2, 0) is 10.0 Å². The highest BCUT2D eigenvalue weighted by Crippen LogP contribution is 2.28. The smallest absolute Gasteiger partial charge is 0.244 e. The predicted molar refractivity (Wildman–Crippen MR) is 87.3 cm³/mol. The maximum atomic E-state index is 13.1. The number of piperazine rings is 1. The summed E-state index contributed by atoms with van der Waals surface area (Å²) in [6, 6.07) is 7.24. The number of aromatic nitrogens is 1. The van der Waals surface area contributed by atoms with Gasteiger partial charge in [-0.05, 0) is 44.5 Å². The Morgan fingerprint density at radius 3 is 2.82 bits per heavy atom. The number of hydrogen-bond acceptors (Lipinski definition) is 4. The summed E-state index contributed by atoms with van der Waals surface area (Å²) >= 11 is 0. The van der Waals surface area contributed by atoms with Crippen LogP contribution in [0.2, 0.25) is 0 Å². The predicted octanol–water partition coefficient (Wildman–Crippen LogP) is 1.91. The molecule has 6 heteroatoms. The molecule has 5 nitrogen and oxygen atoms in total. The lowest BCUT2D eigenvalue weighted by Gasteiger charge is -2.36. The summed E-state index contributed by atoms with van der Waals surface area (Å²) in [5.74, 6) is 0. The van der Waals surface area contributed by atoms with E-state index >= 15 is 0 Å². The zero-order valence-corrected chi connectivity index (χ0v) is 13.9. The van der Waals surface area contributed by atoms with Crippen LogP contribution < -0.4 is 5.32 Å². The number of hydrogen-bond donors (Lipinski definition) is 1. The van der Waals surface area contributed by atoms with Gasteiger partial charge in [-0.25, -0.2) is 8.42 Å². The highest BCUT2D eigenvalue weighted by molar-refractivity contribution is 7.89. The topological polar surface area (TPSA) is 62.3 Å². The molecule has 1 fully saturated rings. The zero-order chi connectivity index (χ0) is 15.9. The highest BCUT2D eigenvalue weighted by Gasteiger charge is 2.34. The Morgan fingerprint density at radius 2 is 2.05 bits per heavy atom. The van der Waals surface area contributed by atoms with Gasteiger partial charge in [0.2, 0.25) is 10.0 Å². The van der Waals surface area contributed by atoms with Crippen molar-refractivity contribution < 1.29 is 8.42 Å². The molecule has 0 radical (unpaired) electrons. The Hall–Kier alpha value is -1.50. The molecule has 1 aromatic heterocycles. The van der Waals surface area contributed by atoms with Gasteiger partial charge in [-0.2, -0.15) is 4.31 Å². The molecule has 1 aliphatic heterocycles. The molecule has 0 bridgehead atoms. The Kier molecular flexibility index (Phi) is 3.92. The lowest BCUT2D eigenvalue weighted by molar-refractivity contribution is 0.245. The Bertz CT molecular complexity index is 804. The van der Waals surface area contributed by atoms with Crippen molar-refractivity contribution in [2.24, 2.45) is 0 Å². The average molecular weight is 319 g/mol. The first-order valence-electron chi connectivity index (χ1n) is 7.51. The number of pyridine rings is 1. The minimum Gasteiger partial charge on any atom is -0.311 e. The lowest BCUT2D eigenvalue weighted by atomic mass is 10.1. The first-order chi connectivity index (χ1) is 10.4. The maximum absolute atomic E-state index is 13.1. The number of nitrogens with one attached hydrogen (secondary N) is 1. The van der Waals surface area contributed by atoms with E-state index in [2.05, 4.69) is 10.3 Å². The van der Waals surface area contributed by atoms with E-state index in [9.17, 15) is 8.42 Å². The van der Waals surface area contributed by atoms with Crippen molar-refractivity contribution >= 4 is 20.9 Å². The van der Waals surface area contributed by atoms with Crippen LogP contribution in [0.25, 0.3) is 10.9 Å². The average Bonchev–Trinajstić information content (AvgIpc) is 2.50. The summed E-state index contributed by atoms with van der Waals surface area (Å²) in [5, 5.41) is 4.01. The van der Waals surface area contributed by atoms with Crippen molar-refractivity contribution in [3.63, 3.8) is 0 Å². The van der Waals surface area contributed by atoms with Crippen molar-refractivity contribution in [2.75, 3.05) is 13.1 Å². The van der Waals surface area contributed by atoms with Gasteiger partial charge in [0.15, 0.2) is 0 Å². The fraction of sp³-hybridized carbons (Fsp3) is 0.438. The molecule has 3 rings (SSSR count). The quantitative estimate of drug-likeness (QED) is 0.918. The second-order valence-electron chi connectivity index (χ2n) is 6.01. The Morgan fingerprint density at radius 1 is 1.27 bits per heavy atom. The molecule has 1 saturated heterocycles. The van der Waals surface area contributed by atoms with E-state index in [1.165, 1.54) is 0 Å². The van der Waals surface area contributed by atoms with E-state index in [0.29, 0.717) is 23.4 Å². The monoisotopic (exact) mass is 319 g/mol. The van der Waals surface area contributed by atoms with Crippen LogP contribution in [0.15, 0.2) is 35.4 Å². The van der Waals surface area contributed by atoms with Crippen molar-refractivity contribution in [3.05, 3.63) is 36.0 Å². The summed E-state index contributed by atoms with van der Waals surface area (Å²) in [6.45, 7) is 7.04. The second-order valence-corrected chi connectivity index (χ2v) is 7.87. The molecule has 2 atom stereocenters. The molecule has 0 spiro atoms. The van der Waals surface area contributed by atoms with Gasteiger partial charge in [-0.15, -0.1) is 0 Å². The van der Waals surface area contributed by atoms with Crippen LogP contribution in [0.5, 0.6) is 0 Å². The van der Waals surface area contributed by atoms with Crippen molar-refractivity contribution in [3.8, 4) is 0 Å². The third-order valence-electron chi connectivity index (χ3n) is 4.23. The normalized spacial score (nSPS) is 23.8. The number of aryl methyl sites for hydroxylation is 1. The van der Waals surface area contributed by atoms with Gasteiger partial charge in [0, 0.05) is 36.8 Å². The summed E-state index contributed by atoms with van der Waals surface area (Å²) in [5.41, 5.74) is 1.73. The van der Waals surface area contributed by atoms with E-state index in [4.69, 9.17) is 0 Å². The highest BCUT2D eigenvalue weighted by atomic mass is 32.2. The molecule has 0 aliphatic carbocycles. The van der Waals surface area contributed by atoms with Gasteiger partial charge in [0.25, 0.3) is 0 Å². The van der Waals surface area contributed by atoms with Crippen LogP contribution >= 0.6 is 0 Å². The molecule has 1 aromatic carbocycles. The number of sulfonamides is 1. The SMILES string of the molecule is Cc1ccc(S(=O)(=O)N2CC(C)NCC2C)c2cccnc12. The number of benzene rings is 1. The van der Waals surface area contributed by atoms with E-state index in [-0.39, 0.29) is 12.1 Å². The molecule has 1 aliphatic rings. The van der Waals surface area contributed by atoms with Gasteiger partial charge >= 0.3 is 0 Å². The fourth-order valence-corrected chi connectivity index (χ4v) is 4.87. The van der Waals surface area contributed by atoms with Crippen LogP contribution in [-0.4, -0.2) is 42.9 Å². The maximum Gasteiger partial charge on any atom is 0.244 e. The molecule has 22 heavy (non-hydrogen) atoms. The van der Waals surface area contributed by atoms with Gasteiger partial charge in [-0.3, -0.25) is 4.98 Å². The van der Waals surface area contributed by atoms with Gasteiger partial charge < -0.3 is 5.32 Å². The molecular weight excluding hydrogens is 298 g/mol. The van der Waals surface area contributed by atoms with Crippen LogP contribution in [0.3, 0.4) is 0 Å². The molecule has 1 N–H and O–H groups in total. The zero-order valence-electron chi connectivity index (χ0n) is 13.1. The van der Waals surface area contributed by atoms with E-state index < -0.39 is 10.0 Å². The Balaban J connectivity index is 2.15. The van der Waals surface area contributed by atoms with E-state index in [1.54, 1.807) is 22.6 Å². The summed E-state index contributed by atoms with van der Waals surface area (Å²) in [4.78, 5) is 4.69. The molecule has 118 valence electrons. The summed E-state index contributed by atoms with van der Waals surface area (Å²) < 4.78 is 27.9. The summed E-state index contributed by atoms with van der Waals surface area (Å²) in [6.07, 6.45) is 1.70. The molecule has 2 aromatic rings. The van der Waals surface area contributed by atoms with Crippen molar-refractivity contribution in [1.82, 2.24) is 14.6 Å². The molecule has 0 amide bonds. The van der Waals surface area contributed by atoms with Crippen LogP contribution in [0, 0.1) is 6.92 Å². The minimum atomic E-state index is -3.53. The number of rotatable bonds is 2. The Labute approximate surface area is 131 Å². The van der Waals surface area contributed by atoms with Crippen molar-refractivity contribution in [2.45, 2.75) is 37.8 Å². The van der Waals surface area contributed by atoms with Crippen molar-refractivity contribution in [1.29, 1.82) is 0 Å². The fourth-order valence-electron chi connectivity index (χ4n) is 2.96. The third kappa shape index (κ3) is 2.51. The summed E-state index contributed by atoms with van der Waals surface area (Å²) in [7, 11) is -3.53. The lowest BCUT2D eigenvalue weighted by Crippen LogP contribution is -2.56. The number of fused-ring (bicyclic) bond motifs is 1. The van der Waals surface area contributed by atoms with Gasteiger partial charge in [-0.1, -0.05) is 6.07 Å². The van der Waals surface area contributed by atoms with Gasteiger partial charge in [0.05, 0.1) is 10.4 Å². The number of nitrogens with zero attached hydrogens (tertiary/aromatic N) is 2. The standard InChI is InChI=1S/C16H21N3O2S/c1-11-6-7-15(14-5-4-8-17-16(11)14)22(20,21)19-10-12(2)18-9-13(19)3/h4-8,12-13,18H,9-10H2,1-3H3. The molecule has 0 saturated carbocycles. The molecule has 2 heterocycles. The minimum absolute atomic E-state index is 0.0609. The van der Waals surface area contributed by atoms with E-state index in [1.807, 2.05) is 32.9 Å². The molecular formula is C16H21N3O2S. The van der Waals surface area contributed by atoms with Gasteiger partial charge in [0.1, 0.15) is 0 Å². The molecule has 2 unspecified atom stereocenters. The van der Waals surface area contributed by atoms with Crippen LogP contribution in [0.4, 0.5) is 0 Å². The first kappa shape index (κ1) is 15.4. The second kappa shape index (κ2) is 5.61.